The summed E-state index contributed by atoms with van der Waals surface area (Å²) in [5.41, 5.74) is 0. The molecule has 0 bridgehead atoms. The minimum absolute atomic E-state index is 0.0693. The van der Waals surface area contributed by atoms with Gasteiger partial charge in [-0.05, 0) is 12.8 Å². The van der Waals surface area contributed by atoms with E-state index in [9.17, 15) is 13.2 Å². The Kier molecular flexibility index (Phi) is 4.44. The number of aliphatic carboxylic acids is 1. The van der Waals surface area contributed by atoms with E-state index in [-0.39, 0.29) is 13.2 Å². The molecule has 7 nitrogen and oxygen atoms in total. The molecule has 0 aromatic carbocycles. The monoisotopic (exact) mass is 292 g/mol. The number of rotatable bonds is 4. The number of hydrogen-bond donors (Lipinski definition) is 1. The number of carboxylic acids is 1. The maximum atomic E-state index is 12.4. The van der Waals surface area contributed by atoms with Crippen LogP contribution in [0.4, 0.5) is 0 Å². The molecule has 19 heavy (non-hydrogen) atoms. The van der Waals surface area contributed by atoms with Crippen LogP contribution in [0.25, 0.3) is 0 Å². The number of ether oxygens (including phenoxy) is 1. The molecule has 0 saturated carbocycles. The second-order valence-corrected chi connectivity index (χ2v) is 7.02. The summed E-state index contributed by atoms with van der Waals surface area (Å²) >= 11 is 0. The van der Waals surface area contributed by atoms with Crippen molar-refractivity contribution in [2.75, 3.05) is 33.4 Å². The summed E-state index contributed by atoms with van der Waals surface area (Å²) in [6.45, 7) is 1.23. The lowest BCUT2D eigenvalue weighted by molar-refractivity contribution is -0.142. The first kappa shape index (κ1) is 14.7. The van der Waals surface area contributed by atoms with Gasteiger partial charge in [0.05, 0.1) is 25.2 Å². The van der Waals surface area contributed by atoms with E-state index < -0.39 is 28.1 Å². The molecule has 8 heteroatoms. The molecule has 2 fully saturated rings. The first-order chi connectivity index (χ1) is 8.94. The minimum atomic E-state index is -3.59. The predicted molar refractivity (Wildman–Crippen MR) is 67.8 cm³/mol. The molecule has 2 saturated heterocycles. The van der Waals surface area contributed by atoms with Gasteiger partial charge in [0.2, 0.25) is 0 Å². The van der Waals surface area contributed by atoms with Crippen LogP contribution in [0.1, 0.15) is 19.3 Å². The van der Waals surface area contributed by atoms with Gasteiger partial charge in [-0.1, -0.05) is 6.42 Å². The zero-order chi connectivity index (χ0) is 14.0. The van der Waals surface area contributed by atoms with Gasteiger partial charge < -0.3 is 9.84 Å². The van der Waals surface area contributed by atoms with Crippen LogP contribution in [0, 0.1) is 5.92 Å². The number of piperidine rings is 1. The van der Waals surface area contributed by atoms with Crippen LogP contribution in [0.2, 0.25) is 0 Å². The first-order valence-electron chi connectivity index (χ1n) is 6.48. The quantitative estimate of drug-likeness (QED) is 0.772. The standard InChI is InChI=1S/C11H20N2O5S/c1-12(10-8-18-7-9(10)11(14)15)19(16,17)13-5-3-2-4-6-13/h9-10H,2-8H2,1H3,(H,14,15). The van der Waals surface area contributed by atoms with Gasteiger partial charge in [-0.3, -0.25) is 4.79 Å². The number of hydrogen-bond acceptors (Lipinski definition) is 4. The number of carboxylic acid groups (broad SMARTS) is 1. The molecule has 0 spiro atoms. The Bertz CT molecular complexity index is 432. The van der Waals surface area contributed by atoms with E-state index in [4.69, 9.17) is 9.84 Å². The van der Waals surface area contributed by atoms with Crippen LogP contribution in [0.15, 0.2) is 0 Å². The van der Waals surface area contributed by atoms with Crippen molar-refractivity contribution >= 4 is 16.2 Å². The molecular formula is C11H20N2O5S. The third-order valence-electron chi connectivity index (χ3n) is 3.84. The van der Waals surface area contributed by atoms with Crippen LogP contribution in [0.5, 0.6) is 0 Å². The SMILES string of the molecule is CN(C1COCC1C(=O)O)S(=O)(=O)N1CCCCC1. The summed E-state index contributed by atoms with van der Waals surface area (Å²) in [6, 6.07) is -0.621. The highest BCUT2D eigenvalue weighted by Crippen LogP contribution is 2.24. The normalized spacial score (nSPS) is 29.8. The van der Waals surface area contributed by atoms with Crippen molar-refractivity contribution in [3.8, 4) is 0 Å². The lowest BCUT2D eigenvalue weighted by Crippen LogP contribution is -2.51. The van der Waals surface area contributed by atoms with Crippen LogP contribution in [-0.4, -0.2) is 67.5 Å². The van der Waals surface area contributed by atoms with Gasteiger partial charge in [0.25, 0.3) is 10.2 Å². The van der Waals surface area contributed by atoms with E-state index in [0.717, 1.165) is 19.3 Å². The van der Waals surface area contributed by atoms with Crippen LogP contribution < -0.4 is 0 Å². The second-order valence-electron chi connectivity index (χ2n) is 5.03. The molecule has 0 aliphatic carbocycles. The number of nitrogens with zero attached hydrogens (tertiary/aromatic N) is 2. The van der Waals surface area contributed by atoms with E-state index in [1.54, 1.807) is 0 Å². The summed E-state index contributed by atoms with van der Waals surface area (Å²) < 4.78 is 32.6. The molecule has 0 amide bonds. The van der Waals surface area contributed by atoms with E-state index in [1.165, 1.54) is 15.7 Å². The highest BCUT2D eigenvalue weighted by Gasteiger charge is 2.42. The van der Waals surface area contributed by atoms with Crippen molar-refractivity contribution in [2.24, 2.45) is 5.92 Å². The summed E-state index contributed by atoms with van der Waals surface area (Å²) in [5.74, 6) is -1.80. The van der Waals surface area contributed by atoms with Crippen molar-refractivity contribution < 1.29 is 23.1 Å². The molecule has 2 atom stereocenters. The molecule has 2 aliphatic heterocycles. The van der Waals surface area contributed by atoms with Gasteiger partial charge in [0.15, 0.2) is 0 Å². The van der Waals surface area contributed by atoms with Crippen molar-refractivity contribution in [1.82, 2.24) is 8.61 Å². The Hall–Kier alpha value is -0.700. The maximum absolute atomic E-state index is 12.4. The van der Waals surface area contributed by atoms with E-state index in [2.05, 4.69) is 0 Å². The molecule has 2 heterocycles. The van der Waals surface area contributed by atoms with Gasteiger partial charge in [0.1, 0.15) is 0 Å². The van der Waals surface area contributed by atoms with Crippen LogP contribution >= 0.6 is 0 Å². The fourth-order valence-corrected chi connectivity index (χ4v) is 4.22. The van der Waals surface area contributed by atoms with Crippen LogP contribution in [0.3, 0.4) is 0 Å². The summed E-state index contributed by atoms with van der Waals surface area (Å²) in [7, 11) is -2.14. The summed E-state index contributed by atoms with van der Waals surface area (Å²) in [6.07, 6.45) is 2.76. The van der Waals surface area contributed by atoms with Crippen molar-refractivity contribution in [2.45, 2.75) is 25.3 Å². The van der Waals surface area contributed by atoms with E-state index in [0.29, 0.717) is 13.1 Å². The van der Waals surface area contributed by atoms with Crippen molar-refractivity contribution in [1.29, 1.82) is 0 Å². The average Bonchev–Trinajstić information content (AvgIpc) is 2.88. The first-order valence-corrected chi connectivity index (χ1v) is 7.88. The Morgan fingerprint density at radius 2 is 1.89 bits per heavy atom. The fourth-order valence-electron chi connectivity index (χ4n) is 2.59. The number of likely N-dealkylation sites (N-methyl/N-ethyl adjacent to an activating group) is 1. The molecule has 1 N–H and O–H groups in total. The minimum Gasteiger partial charge on any atom is -0.481 e. The fraction of sp³-hybridized carbons (Fsp3) is 0.909. The highest BCUT2D eigenvalue weighted by atomic mass is 32.2. The Morgan fingerprint density at radius 1 is 1.26 bits per heavy atom. The van der Waals surface area contributed by atoms with Crippen LogP contribution in [-0.2, 0) is 19.7 Å². The molecule has 2 rings (SSSR count). The zero-order valence-electron chi connectivity index (χ0n) is 11.0. The molecule has 2 unspecified atom stereocenters. The van der Waals surface area contributed by atoms with Crippen molar-refractivity contribution in [3.05, 3.63) is 0 Å². The molecule has 110 valence electrons. The smallest absolute Gasteiger partial charge is 0.310 e. The molecule has 0 radical (unpaired) electrons. The molecule has 0 aromatic rings. The molecule has 0 aromatic heterocycles. The lowest BCUT2D eigenvalue weighted by atomic mass is 10.1. The van der Waals surface area contributed by atoms with Crippen molar-refractivity contribution in [3.63, 3.8) is 0 Å². The summed E-state index contributed by atoms with van der Waals surface area (Å²) in [5, 5.41) is 9.09. The topological polar surface area (TPSA) is 87.1 Å². The van der Waals surface area contributed by atoms with E-state index in [1.807, 2.05) is 0 Å². The Labute approximate surface area is 113 Å². The molecular weight excluding hydrogens is 272 g/mol. The lowest BCUT2D eigenvalue weighted by Gasteiger charge is -2.33. The zero-order valence-corrected chi connectivity index (χ0v) is 11.8. The average molecular weight is 292 g/mol. The third-order valence-corrected chi connectivity index (χ3v) is 5.86. The highest BCUT2D eigenvalue weighted by molar-refractivity contribution is 7.86. The largest absolute Gasteiger partial charge is 0.481 e. The third kappa shape index (κ3) is 2.91. The molecule has 2 aliphatic rings. The van der Waals surface area contributed by atoms with E-state index >= 15 is 0 Å². The Morgan fingerprint density at radius 3 is 2.47 bits per heavy atom. The van der Waals surface area contributed by atoms with Gasteiger partial charge in [0, 0.05) is 20.1 Å². The second kappa shape index (κ2) is 5.74. The van der Waals surface area contributed by atoms with Gasteiger partial charge in [-0.2, -0.15) is 17.0 Å². The predicted octanol–water partition coefficient (Wildman–Crippen LogP) is -0.251. The summed E-state index contributed by atoms with van der Waals surface area (Å²) in [4.78, 5) is 11.1. The van der Waals surface area contributed by atoms with Gasteiger partial charge in [-0.25, -0.2) is 0 Å². The number of carbonyl (C=O) groups is 1. The maximum Gasteiger partial charge on any atom is 0.310 e. The van der Waals surface area contributed by atoms with Gasteiger partial charge >= 0.3 is 5.97 Å². The van der Waals surface area contributed by atoms with Gasteiger partial charge in [-0.15, -0.1) is 0 Å². The Balaban J connectivity index is 2.13.